The standard InChI is InChI=1S/C13H19Br2NO/c1-9(2)13(7-14)16-8-10-6-11(17-3)4-5-12(10)15/h4-6,9,13,16H,7-8H2,1-3H3. The van der Waals surface area contributed by atoms with Crippen LogP contribution in [0.2, 0.25) is 0 Å². The Balaban J connectivity index is 2.67. The van der Waals surface area contributed by atoms with Crippen LogP contribution in [0.1, 0.15) is 19.4 Å². The first-order valence-corrected chi connectivity index (χ1v) is 7.61. The van der Waals surface area contributed by atoms with E-state index >= 15 is 0 Å². The van der Waals surface area contributed by atoms with E-state index in [1.165, 1.54) is 5.56 Å². The first-order chi connectivity index (χ1) is 8.08. The number of halogens is 2. The minimum atomic E-state index is 0.480. The summed E-state index contributed by atoms with van der Waals surface area (Å²) in [6.45, 7) is 5.28. The maximum absolute atomic E-state index is 5.23. The summed E-state index contributed by atoms with van der Waals surface area (Å²) < 4.78 is 6.35. The SMILES string of the molecule is COc1ccc(Br)c(CNC(CBr)C(C)C)c1. The molecule has 0 aliphatic heterocycles. The van der Waals surface area contributed by atoms with Crippen molar-refractivity contribution in [2.45, 2.75) is 26.4 Å². The number of rotatable bonds is 6. The molecule has 0 bridgehead atoms. The van der Waals surface area contributed by atoms with Crippen LogP contribution in [0.4, 0.5) is 0 Å². The van der Waals surface area contributed by atoms with Crippen LogP contribution in [0, 0.1) is 5.92 Å². The molecule has 4 heteroatoms. The van der Waals surface area contributed by atoms with Crippen LogP contribution in [-0.4, -0.2) is 18.5 Å². The van der Waals surface area contributed by atoms with E-state index in [4.69, 9.17) is 4.74 Å². The summed E-state index contributed by atoms with van der Waals surface area (Å²) in [5.41, 5.74) is 1.22. The molecule has 0 amide bonds. The van der Waals surface area contributed by atoms with Gasteiger partial charge in [0.15, 0.2) is 0 Å². The van der Waals surface area contributed by atoms with Crippen molar-refractivity contribution in [3.8, 4) is 5.75 Å². The van der Waals surface area contributed by atoms with Crippen LogP contribution in [0.3, 0.4) is 0 Å². The normalized spacial score (nSPS) is 12.8. The number of ether oxygens (including phenoxy) is 1. The summed E-state index contributed by atoms with van der Waals surface area (Å²) in [7, 11) is 1.69. The zero-order valence-electron chi connectivity index (χ0n) is 10.5. The topological polar surface area (TPSA) is 21.3 Å². The van der Waals surface area contributed by atoms with E-state index < -0.39 is 0 Å². The Morgan fingerprint density at radius 2 is 2.06 bits per heavy atom. The minimum Gasteiger partial charge on any atom is -0.497 e. The van der Waals surface area contributed by atoms with E-state index in [1.54, 1.807) is 7.11 Å². The first-order valence-electron chi connectivity index (χ1n) is 5.70. The van der Waals surface area contributed by atoms with E-state index in [-0.39, 0.29) is 0 Å². The smallest absolute Gasteiger partial charge is 0.119 e. The van der Waals surface area contributed by atoms with Gasteiger partial charge in [-0.1, -0.05) is 45.7 Å². The summed E-state index contributed by atoms with van der Waals surface area (Å²) >= 11 is 7.10. The Morgan fingerprint density at radius 3 is 2.59 bits per heavy atom. The Hall–Kier alpha value is -0.0600. The van der Waals surface area contributed by atoms with Gasteiger partial charge in [-0.05, 0) is 29.7 Å². The van der Waals surface area contributed by atoms with Gasteiger partial charge in [0.1, 0.15) is 5.75 Å². The molecule has 1 unspecified atom stereocenters. The van der Waals surface area contributed by atoms with Gasteiger partial charge in [-0.15, -0.1) is 0 Å². The van der Waals surface area contributed by atoms with Crippen molar-refractivity contribution in [2.24, 2.45) is 5.92 Å². The molecule has 0 radical (unpaired) electrons. The van der Waals surface area contributed by atoms with E-state index in [0.717, 1.165) is 22.1 Å². The maximum atomic E-state index is 5.23. The number of nitrogens with one attached hydrogen (secondary N) is 1. The van der Waals surface area contributed by atoms with Gasteiger partial charge in [-0.3, -0.25) is 0 Å². The average molecular weight is 365 g/mol. The Labute approximate surface area is 120 Å². The van der Waals surface area contributed by atoms with Gasteiger partial charge in [-0.25, -0.2) is 0 Å². The molecule has 0 saturated heterocycles. The fraction of sp³-hybridized carbons (Fsp3) is 0.538. The van der Waals surface area contributed by atoms with Crippen molar-refractivity contribution < 1.29 is 4.74 Å². The van der Waals surface area contributed by atoms with Crippen molar-refractivity contribution in [1.82, 2.24) is 5.32 Å². The first kappa shape index (κ1) is 15.0. The number of alkyl halides is 1. The predicted molar refractivity (Wildman–Crippen MR) is 80.0 cm³/mol. The molecule has 1 N–H and O–H groups in total. The summed E-state index contributed by atoms with van der Waals surface area (Å²) in [5.74, 6) is 1.50. The third-order valence-corrected chi connectivity index (χ3v) is 4.25. The van der Waals surface area contributed by atoms with Crippen LogP contribution in [0.5, 0.6) is 5.75 Å². The van der Waals surface area contributed by atoms with E-state index in [2.05, 4.69) is 57.1 Å². The lowest BCUT2D eigenvalue weighted by Crippen LogP contribution is -2.34. The van der Waals surface area contributed by atoms with Gasteiger partial charge in [-0.2, -0.15) is 0 Å². The number of hydrogen-bond donors (Lipinski definition) is 1. The predicted octanol–water partition coefficient (Wildman–Crippen LogP) is 3.97. The minimum absolute atomic E-state index is 0.480. The molecule has 1 aromatic carbocycles. The van der Waals surface area contributed by atoms with E-state index in [9.17, 15) is 0 Å². The van der Waals surface area contributed by atoms with Gasteiger partial charge in [0, 0.05) is 22.4 Å². The molecule has 2 nitrogen and oxygen atoms in total. The van der Waals surface area contributed by atoms with Crippen molar-refractivity contribution >= 4 is 31.9 Å². The molecular formula is C13H19Br2NO. The lowest BCUT2D eigenvalue weighted by atomic mass is 10.1. The second kappa shape index (κ2) is 7.39. The lowest BCUT2D eigenvalue weighted by molar-refractivity contribution is 0.411. The van der Waals surface area contributed by atoms with Crippen molar-refractivity contribution in [1.29, 1.82) is 0 Å². The molecular weight excluding hydrogens is 346 g/mol. The van der Waals surface area contributed by atoms with Gasteiger partial charge >= 0.3 is 0 Å². The third-order valence-electron chi connectivity index (χ3n) is 2.78. The molecule has 0 spiro atoms. The Kier molecular flexibility index (Phi) is 6.52. The van der Waals surface area contributed by atoms with Crippen molar-refractivity contribution in [3.63, 3.8) is 0 Å². The summed E-state index contributed by atoms with van der Waals surface area (Å²) in [4.78, 5) is 0. The fourth-order valence-electron chi connectivity index (χ4n) is 1.52. The fourth-order valence-corrected chi connectivity index (χ4v) is 2.89. The van der Waals surface area contributed by atoms with Crippen LogP contribution in [0.15, 0.2) is 22.7 Å². The molecule has 1 atom stereocenters. The highest BCUT2D eigenvalue weighted by Crippen LogP contribution is 2.22. The van der Waals surface area contributed by atoms with Crippen LogP contribution >= 0.6 is 31.9 Å². The Bertz CT molecular complexity index is 355. The zero-order valence-corrected chi connectivity index (χ0v) is 13.6. The largest absolute Gasteiger partial charge is 0.497 e. The molecule has 0 saturated carbocycles. The quantitative estimate of drug-likeness (QED) is 0.771. The molecule has 17 heavy (non-hydrogen) atoms. The third kappa shape index (κ3) is 4.60. The molecule has 0 heterocycles. The molecule has 1 aromatic rings. The summed E-state index contributed by atoms with van der Waals surface area (Å²) in [6.07, 6.45) is 0. The second-order valence-electron chi connectivity index (χ2n) is 4.34. The van der Waals surface area contributed by atoms with Crippen molar-refractivity contribution in [2.75, 3.05) is 12.4 Å². The van der Waals surface area contributed by atoms with Crippen LogP contribution < -0.4 is 10.1 Å². The van der Waals surface area contributed by atoms with Crippen LogP contribution in [-0.2, 0) is 6.54 Å². The molecule has 0 aliphatic rings. The second-order valence-corrected chi connectivity index (χ2v) is 5.84. The summed E-state index contributed by atoms with van der Waals surface area (Å²) in [5, 5.41) is 4.51. The molecule has 0 aliphatic carbocycles. The zero-order chi connectivity index (χ0) is 12.8. The van der Waals surface area contributed by atoms with E-state index in [0.29, 0.717) is 12.0 Å². The number of methoxy groups -OCH3 is 1. The highest BCUT2D eigenvalue weighted by molar-refractivity contribution is 9.10. The highest BCUT2D eigenvalue weighted by atomic mass is 79.9. The van der Waals surface area contributed by atoms with Gasteiger partial charge in [0.05, 0.1) is 7.11 Å². The Morgan fingerprint density at radius 1 is 1.35 bits per heavy atom. The van der Waals surface area contributed by atoms with Crippen molar-refractivity contribution in [3.05, 3.63) is 28.2 Å². The molecule has 0 aromatic heterocycles. The highest BCUT2D eigenvalue weighted by Gasteiger charge is 2.11. The van der Waals surface area contributed by atoms with Gasteiger partial charge < -0.3 is 10.1 Å². The summed E-state index contributed by atoms with van der Waals surface area (Å²) in [6, 6.07) is 6.52. The molecule has 1 rings (SSSR count). The van der Waals surface area contributed by atoms with Gasteiger partial charge in [0.25, 0.3) is 0 Å². The number of hydrogen-bond acceptors (Lipinski definition) is 2. The lowest BCUT2D eigenvalue weighted by Gasteiger charge is -2.20. The van der Waals surface area contributed by atoms with Crippen LogP contribution in [0.25, 0.3) is 0 Å². The number of benzene rings is 1. The van der Waals surface area contributed by atoms with E-state index in [1.807, 2.05) is 12.1 Å². The maximum Gasteiger partial charge on any atom is 0.119 e. The molecule has 96 valence electrons. The average Bonchev–Trinajstić information content (AvgIpc) is 2.31. The monoisotopic (exact) mass is 363 g/mol. The van der Waals surface area contributed by atoms with Gasteiger partial charge in [0.2, 0.25) is 0 Å². The molecule has 0 fully saturated rings.